The highest BCUT2D eigenvalue weighted by atomic mass is 16.5. The van der Waals surface area contributed by atoms with Gasteiger partial charge < -0.3 is 34.0 Å². The van der Waals surface area contributed by atoms with Crippen molar-refractivity contribution in [1.82, 2.24) is 16.1 Å². The van der Waals surface area contributed by atoms with Crippen molar-refractivity contribution in [2.45, 2.75) is 26.8 Å². The molecule has 1 aliphatic heterocycles. The molecule has 0 bridgehead atoms. The molecule has 2 heterocycles. The number of esters is 2. The van der Waals surface area contributed by atoms with Crippen molar-refractivity contribution in [3.05, 3.63) is 82.8 Å². The second-order valence-corrected chi connectivity index (χ2v) is 9.29. The lowest BCUT2D eigenvalue weighted by atomic mass is 9.95. The zero-order valence-corrected chi connectivity index (χ0v) is 24.6. The van der Waals surface area contributed by atoms with Gasteiger partial charge in [0.25, 0.3) is 5.91 Å². The molecule has 4 rings (SSSR count). The number of rotatable bonds is 12. The molecular formula is C31H32N4O9. The first-order valence-corrected chi connectivity index (χ1v) is 13.7. The van der Waals surface area contributed by atoms with E-state index in [0.717, 1.165) is 0 Å². The lowest BCUT2D eigenvalue weighted by Gasteiger charge is -2.28. The first kappa shape index (κ1) is 31.3. The van der Waals surface area contributed by atoms with Crippen molar-refractivity contribution >= 4 is 30.1 Å². The van der Waals surface area contributed by atoms with Gasteiger partial charge in [0.15, 0.2) is 18.1 Å². The molecule has 0 aliphatic carbocycles. The first-order chi connectivity index (χ1) is 21.2. The van der Waals surface area contributed by atoms with Gasteiger partial charge in [-0.2, -0.15) is 5.10 Å². The fraction of sp³-hybridized carbons (Fsp3) is 0.258. The molecule has 230 valence electrons. The quantitative estimate of drug-likeness (QED) is 0.158. The Morgan fingerprint density at radius 2 is 1.77 bits per heavy atom. The lowest BCUT2D eigenvalue weighted by molar-refractivity contribution is -0.139. The third kappa shape index (κ3) is 7.62. The first-order valence-electron chi connectivity index (χ1n) is 13.7. The minimum absolute atomic E-state index is 0.175. The summed E-state index contributed by atoms with van der Waals surface area (Å²) in [6.07, 6.45) is 1.33. The Morgan fingerprint density at radius 1 is 1.00 bits per heavy atom. The maximum absolute atomic E-state index is 12.6. The van der Waals surface area contributed by atoms with Crippen molar-refractivity contribution in [2.24, 2.45) is 5.10 Å². The van der Waals surface area contributed by atoms with E-state index in [4.69, 9.17) is 23.4 Å². The second-order valence-electron chi connectivity index (χ2n) is 9.29. The number of nitrogens with zero attached hydrogens (tertiary/aromatic N) is 1. The molecule has 3 N–H and O–H groups in total. The molecule has 0 fully saturated rings. The summed E-state index contributed by atoms with van der Waals surface area (Å²) >= 11 is 0. The molecule has 1 atom stereocenters. The predicted octanol–water partition coefficient (Wildman–Crippen LogP) is 3.85. The van der Waals surface area contributed by atoms with Crippen LogP contribution >= 0.6 is 0 Å². The van der Waals surface area contributed by atoms with Crippen LogP contribution in [0, 0.1) is 0 Å². The molecule has 0 saturated heterocycles. The van der Waals surface area contributed by atoms with Gasteiger partial charge in [0.1, 0.15) is 11.5 Å². The van der Waals surface area contributed by atoms with E-state index in [1.165, 1.54) is 13.3 Å². The smallest absolute Gasteiger partial charge is 0.338 e. The maximum atomic E-state index is 12.6. The zero-order chi connectivity index (χ0) is 31.6. The molecule has 0 saturated carbocycles. The van der Waals surface area contributed by atoms with Gasteiger partial charge >= 0.3 is 18.0 Å². The summed E-state index contributed by atoms with van der Waals surface area (Å²) in [7, 11) is 1.43. The predicted molar refractivity (Wildman–Crippen MR) is 158 cm³/mol. The number of amides is 3. The number of hydrazone groups is 1. The number of furan rings is 1. The van der Waals surface area contributed by atoms with Crippen LogP contribution in [0.4, 0.5) is 4.79 Å². The lowest BCUT2D eigenvalue weighted by Crippen LogP contribution is -2.45. The Balaban J connectivity index is 1.36. The molecule has 3 aromatic rings. The van der Waals surface area contributed by atoms with E-state index in [-0.39, 0.29) is 36.9 Å². The molecule has 1 aliphatic rings. The van der Waals surface area contributed by atoms with E-state index >= 15 is 0 Å². The van der Waals surface area contributed by atoms with Crippen LogP contribution in [-0.4, -0.2) is 57.0 Å². The number of carbonyl (C=O) groups is 4. The van der Waals surface area contributed by atoms with Crippen LogP contribution in [0.3, 0.4) is 0 Å². The second kappa shape index (κ2) is 14.5. The molecule has 44 heavy (non-hydrogen) atoms. The molecular weight excluding hydrogens is 572 g/mol. The number of hydrogen-bond donors (Lipinski definition) is 3. The Labute approximate surface area is 253 Å². The Bertz CT molecular complexity index is 1610. The van der Waals surface area contributed by atoms with Crippen LogP contribution in [0.1, 0.15) is 48.5 Å². The Hall–Kier alpha value is -5.59. The standard InChI is InChI=1S/C31H32N4O9/c1-5-41-29(37)21-9-7-8-19(14-21)23-13-11-22(44-23)16-32-35-26(36)17-43-24-12-10-20(15-25(24)40-4)28-27(30(38)42-6-2)18(3)33-31(39)34-28/h7-16,28H,5-6,17H2,1-4H3,(H,35,36)(H2,33,34,39)/b32-16-/t28-/m0/s1. The van der Waals surface area contributed by atoms with Gasteiger partial charge in [-0.3, -0.25) is 4.79 Å². The van der Waals surface area contributed by atoms with Crippen molar-refractivity contribution in [1.29, 1.82) is 0 Å². The Morgan fingerprint density at radius 3 is 2.52 bits per heavy atom. The van der Waals surface area contributed by atoms with E-state index in [1.54, 1.807) is 75.4 Å². The fourth-order valence-electron chi connectivity index (χ4n) is 4.34. The van der Waals surface area contributed by atoms with Crippen molar-refractivity contribution < 1.29 is 42.5 Å². The van der Waals surface area contributed by atoms with Gasteiger partial charge in [0.05, 0.1) is 43.7 Å². The van der Waals surface area contributed by atoms with E-state index in [2.05, 4.69) is 21.2 Å². The van der Waals surface area contributed by atoms with Gasteiger partial charge in [-0.15, -0.1) is 0 Å². The topological polar surface area (TPSA) is 167 Å². The van der Waals surface area contributed by atoms with Crippen LogP contribution in [0.15, 0.2) is 75.4 Å². The van der Waals surface area contributed by atoms with Gasteiger partial charge in [-0.1, -0.05) is 18.2 Å². The number of allylic oxidation sites excluding steroid dienone is 1. The summed E-state index contributed by atoms with van der Waals surface area (Å²) in [6, 6.07) is 13.8. The highest BCUT2D eigenvalue weighted by Gasteiger charge is 2.32. The maximum Gasteiger partial charge on any atom is 0.338 e. The van der Waals surface area contributed by atoms with Crippen LogP contribution in [0.5, 0.6) is 11.5 Å². The highest BCUT2D eigenvalue weighted by molar-refractivity contribution is 5.95. The molecule has 2 aromatic carbocycles. The number of ether oxygens (including phenoxy) is 4. The number of benzene rings is 2. The molecule has 1 aromatic heterocycles. The fourth-order valence-corrected chi connectivity index (χ4v) is 4.34. The van der Waals surface area contributed by atoms with Crippen molar-refractivity contribution in [3.8, 4) is 22.8 Å². The molecule has 13 heteroatoms. The minimum Gasteiger partial charge on any atom is -0.493 e. The summed E-state index contributed by atoms with van der Waals surface area (Å²) in [5.74, 6) is -0.115. The summed E-state index contributed by atoms with van der Waals surface area (Å²) in [6.45, 7) is 5.11. The van der Waals surface area contributed by atoms with Gasteiger partial charge in [0.2, 0.25) is 0 Å². The number of carbonyl (C=O) groups excluding carboxylic acids is 4. The Kier molecular flexibility index (Phi) is 10.4. The summed E-state index contributed by atoms with van der Waals surface area (Å²) in [5.41, 5.74) is 4.63. The van der Waals surface area contributed by atoms with Gasteiger partial charge in [0, 0.05) is 11.3 Å². The van der Waals surface area contributed by atoms with E-state index in [9.17, 15) is 19.2 Å². The monoisotopic (exact) mass is 604 g/mol. The summed E-state index contributed by atoms with van der Waals surface area (Å²) in [5, 5.41) is 9.21. The number of hydrogen-bond acceptors (Lipinski definition) is 10. The molecule has 0 unspecified atom stereocenters. The third-order valence-electron chi connectivity index (χ3n) is 6.31. The van der Waals surface area contributed by atoms with Crippen molar-refractivity contribution in [3.63, 3.8) is 0 Å². The minimum atomic E-state index is -0.785. The van der Waals surface area contributed by atoms with E-state index < -0.39 is 29.9 Å². The van der Waals surface area contributed by atoms with Crippen molar-refractivity contribution in [2.75, 3.05) is 26.9 Å². The number of methoxy groups -OCH3 is 1. The highest BCUT2D eigenvalue weighted by Crippen LogP contribution is 2.34. The summed E-state index contributed by atoms with van der Waals surface area (Å²) < 4.78 is 27.0. The third-order valence-corrected chi connectivity index (χ3v) is 6.31. The van der Waals surface area contributed by atoms with Gasteiger partial charge in [-0.05, 0) is 62.7 Å². The van der Waals surface area contributed by atoms with Gasteiger partial charge in [-0.25, -0.2) is 19.8 Å². The summed E-state index contributed by atoms with van der Waals surface area (Å²) in [4.78, 5) is 49.1. The zero-order valence-electron chi connectivity index (χ0n) is 24.6. The molecule has 13 nitrogen and oxygen atoms in total. The molecule has 0 spiro atoms. The van der Waals surface area contributed by atoms with E-state index in [0.29, 0.717) is 33.9 Å². The number of urea groups is 1. The normalized spacial score (nSPS) is 14.5. The molecule has 0 radical (unpaired) electrons. The van der Waals surface area contributed by atoms with Crippen LogP contribution in [0.2, 0.25) is 0 Å². The SMILES string of the molecule is CCOC(=O)C1=C(C)NC(=O)N[C@H]1c1ccc(OCC(=O)N/N=C\c2ccc(-c3cccc(C(=O)OCC)c3)o2)c(OC)c1. The largest absolute Gasteiger partial charge is 0.493 e. The molecule has 3 amide bonds. The number of nitrogens with one attached hydrogen (secondary N) is 3. The average molecular weight is 605 g/mol. The van der Waals surface area contributed by atoms with Crippen LogP contribution in [-0.2, 0) is 19.1 Å². The van der Waals surface area contributed by atoms with Crippen LogP contribution in [0.25, 0.3) is 11.3 Å². The van der Waals surface area contributed by atoms with E-state index in [1.807, 2.05) is 0 Å². The van der Waals surface area contributed by atoms with Crippen LogP contribution < -0.4 is 25.5 Å². The average Bonchev–Trinajstić information content (AvgIpc) is 3.49.